The molecule has 0 atom stereocenters. The van der Waals surface area contributed by atoms with Gasteiger partial charge in [-0.2, -0.15) is 0 Å². The maximum absolute atomic E-state index is 10.6. The molecule has 154 valence electrons. The summed E-state index contributed by atoms with van der Waals surface area (Å²) in [5, 5.41) is 11.9. The summed E-state index contributed by atoms with van der Waals surface area (Å²) in [6, 6.07) is 12.0. The predicted molar refractivity (Wildman–Crippen MR) is 121 cm³/mol. The summed E-state index contributed by atoms with van der Waals surface area (Å²) in [6.45, 7) is 17.6. The van der Waals surface area contributed by atoms with Crippen molar-refractivity contribution >= 4 is 13.3 Å². The number of aromatic hydroxyl groups is 1. The predicted octanol–water partition coefficient (Wildman–Crippen LogP) is 5.53. The van der Waals surface area contributed by atoms with E-state index in [4.69, 9.17) is 9.47 Å². The first kappa shape index (κ1) is 22.3. The van der Waals surface area contributed by atoms with Gasteiger partial charge in [0.1, 0.15) is 25.3 Å². The van der Waals surface area contributed by atoms with E-state index in [0.717, 1.165) is 22.6 Å². The van der Waals surface area contributed by atoms with E-state index in [1.807, 2.05) is 18.2 Å². The van der Waals surface area contributed by atoms with Crippen LogP contribution in [0.4, 0.5) is 0 Å². The molecule has 0 radical (unpaired) electrons. The fraction of sp³-hybridized carbons (Fsp3) is 0.500. The van der Waals surface area contributed by atoms with Crippen molar-refractivity contribution in [3.63, 3.8) is 0 Å². The summed E-state index contributed by atoms with van der Waals surface area (Å²) in [4.78, 5) is 0. The zero-order valence-electron chi connectivity index (χ0n) is 18.9. The van der Waals surface area contributed by atoms with Gasteiger partial charge in [-0.3, -0.25) is 0 Å². The largest absolute Gasteiger partial charge is 0.508 e. The third kappa shape index (κ3) is 4.91. The molecule has 2 aromatic carbocycles. The highest BCUT2D eigenvalue weighted by atomic mass is 28.3. The second kappa shape index (κ2) is 7.82. The topological polar surface area (TPSA) is 38.7 Å². The van der Waals surface area contributed by atoms with Crippen molar-refractivity contribution in [2.75, 3.05) is 13.3 Å². The molecule has 0 aliphatic rings. The Morgan fingerprint density at radius 1 is 0.821 bits per heavy atom. The van der Waals surface area contributed by atoms with Gasteiger partial charge in [-0.25, -0.2) is 0 Å². The molecule has 4 heteroatoms. The maximum Gasteiger partial charge on any atom is 0.124 e. The van der Waals surface area contributed by atoms with Crippen LogP contribution in [0.5, 0.6) is 17.2 Å². The summed E-state index contributed by atoms with van der Waals surface area (Å²) >= 11 is 0. The molecule has 0 spiro atoms. The summed E-state index contributed by atoms with van der Waals surface area (Å²) < 4.78 is 11.7. The van der Waals surface area contributed by atoms with Crippen LogP contribution in [0.2, 0.25) is 13.1 Å². The van der Waals surface area contributed by atoms with Crippen LogP contribution >= 0.6 is 0 Å². The molecule has 0 aromatic heterocycles. The highest BCUT2D eigenvalue weighted by Crippen LogP contribution is 2.44. The van der Waals surface area contributed by atoms with Gasteiger partial charge in [0.05, 0.1) is 13.3 Å². The fourth-order valence-corrected chi connectivity index (χ4v) is 5.33. The van der Waals surface area contributed by atoms with Crippen molar-refractivity contribution in [3.8, 4) is 17.2 Å². The van der Waals surface area contributed by atoms with Crippen LogP contribution in [0, 0.1) is 0 Å². The molecular weight excluding hydrogens is 364 g/mol. The Bertz CT molecular complexity index is 809. The summed E-state index contributed by atoms with van der Waals surface area (Å²) in [5.41, 5.74) is 1.76. The Labute approximate surface area is 171 Å². The molecule has 0 saturated carbocycles. The van der Waals surface area contributed by atoms with Crippen molar-refractivity contribution in [3.05, 3.63) is 47.5 Å². The lowest BCUT2D eigenvalue weighted by atomic mass is 9.74. The van der Waals surface area contributed by atoms with Gasteiger partial charge in [0, 0.05) is 11.1 Å². The standard InChI is InChI=1S/C24H36O3Si/c1-23(2,3)21-19(25)14-15-20(22(21)24(4,5)6)27-16-28(8,9)18-12-10-17(26-7)11-13-18/h10-15,25H,16H2,1-9H3. The van der Waals surface area contributed by atoms with Crippen molar-refractivity contribution in [1.29, 1.82) is 0 Å². The van der Waals surface area contributed by atoms with E-state index in [-0.39, 0.29) is 10.8 Å². The van der Waals surface area contributed by atoms with Crippen molar-refractivity contribution < 1.29 is 14.6 Å². The van der Waals surface area contributed by atoms with Crippen LogP contribution in [0.1, 0.15) is 52.7 Å². The highest BCUT2D eigenvalue weighted by Gasteiger charge is 2.32. The van der Waals surface area contributed by atoms with Gasteiger partial charge in [-0.05, 0) is 35.1 Å². The summed E-state index contributed by atoms with van der Waals surface area (Å²) in [6.07, 6.45) is 0.677. The minimum Gasteiger partial charge on any atom is -0.508 e. The molecule has 2 rings (SSSR count). The van der Waals surface area contributed by atoms with Crippen molar-refractivity contribution in [1.82, 2.24) is 0 Å². The SMILES string of the molecule is COc1ccc([Si](C)(C)COc2ccc(O)c(C(C)(C)C)c2C(C)(C)C)cc1. The monoisotopic (exact) mass is 400 g/mol. The molecule has 0 aliphatic carbocycles. The van der Waals surface area contributed by atoms with E-state index in [0.29, 0.717) is 12.0 Å². The lowest BCUT2D eigenvalue weighted by Gasteiger charge is -2.33. The third-order valence-electron chi connectivity index (χ3n) is 5.11. The van der Waals surface area contributed by atoms with Gasteiger partial charge < -0.3 is 14.6 Å². The Morgan fingerprint density at radius 3 is 1.82 bits per heavy atom. The first-order valence-electron chi connectivity index (χ1n) is 9.91. The first-order chi connectivity index (χ1) is 12.8. The lowest BCUT2D eigenvalue weighted by molar-refractivity contribution is 0.357. The normalized spacial score (nSPS) is 12.8. The second-order valence-electron chi connectivity index (χ2n) is 10.2. The average Bonchev–Trinajstić information content (AvgIpc) is 2.58. The molecule has 1 N–H and O–H groups in total. The maximum atomic E-state index is 10.6. The van der Waals surface area contributed by atoms with E-state index >= 15 is 0 Å². The number of phenols is 1. The van der Waals surface area contributed by atoms with E-state index in [1.165, 1.54) is 5.19 Å². The minimum atomic E-state index is -1.80. The molecule has 0 aliphatic heterocycles. The number of rotatable bonds is 5. The van der Waals surface area contributed by atoms with Gasteiger partial charge in [-0.15, -0.1) is 0 Å². The van der Waals surface area contributed by atoms with Crippen LogP contribution in [-0.2, 0) is 10.8 Å². The molecule has 28 heavy (non-hydrogen) atoms. The Hall–Kier alpha value is -1.94. The van der Waals surface area contributed by atoms with Gasteiger partial charge in [0.2, 0.25) is 0 Å². The minimum absolute atomic E-state index is 0.136. The van der Waals surface area contributed by atoms with E-state index in [9.17, 15) is 5.11 Å². The molecule has 0 unspecified atom stereocenters. The lowest BCUT2D eigenvalue weighted by Crippen LogP contribution is -2.47. The fourth-order valence-electron chi connectivity index (χ4n) is 3.58. The Kier molecular flexibility index (Phi) is 6.24. The smallest absolute Gasteiger partial charge is 0.124 e. The third-order valence-corrected chi connectivity index (χ3v) is 7.87. The number of methoxy groups -OCH3 is 1. The molecule has 0 heterocycles. The average molecular weight is 401 g/mol. The molecule has 0 bridgehead atoms. The van der Waals surface area contributed by atoms with Crippen molar-refractivity contribution in [2.24, 2.45) is 0 Å². The van der Waals surface area contributed by atoms with Gasteiger partial charge in [0.25, 0.3) is 0 Å². The van der Waals surface area contributed by atoms with E-state index in [1.54, 1.807) is 13.2 Å². The zero-order valence-corrected chi connectivity index (χ0v) is 19.9. The first-order valence-corrected chi connectivity index (χ1v) is 13.1. The Balaban J connectivity index is 2.40. The molecule has 0 amide bonds. The molecule has 3 nitrogen and oxygen atoms in total. The van der Waals surface area contributed by atoms with Crippen LogP contribution < -0.4 is 14.7 Å². The van der Waals surface area contributed by atoms with Crippen LogP contribution in [0.25, 0.3) is 0 Å². The molecular formula is C24H36O3Si. The molecule has 0 fully saturated rings. The number of benzene rings is 2. The number of hydrogen-bond donors (Lipinski definition) is 1. The quantitative estimate of drug-likeness (QED) is 0.671. The highest BCUT2D eigenvalue weighted by molar-refractivity contribution is 6.89. The van der Waals surface area contributed by atoms with Crippen LogP contribution in [0.3, 0.4) is 0 Å². The van der Waals surface area contributed by atoms with Crippen LogP contribution in [-0.4, -0.2) is 26.5 Å². The number of phenolic OH excluding ortho intramolecular Hbond substituents is 1. The summed E-state index contributed by atoms with van der Waals surface area (Å²) in [5.74, 6) is 2.10. The van der Waals surface area contributed by atoms with Crippen molar-refractivity contribution in [2.45, 2.75) is 65.5 Å². The van der Waals surface area contributed by atoms with E-state index < -0.39 is 8.07 Å². The van der Waals surface area contributed by atoms with Gasteiger partial charge >= 0.3 is 0 Å². The summed E-state index contributed by atoms with van der Waals surface area (Å²) in [7, 11) is -0.110. The molecule has 0 saturated heterocycles. The van der Waals surface area contributed by atoms with Crippen LogP contribution in [0.15, 0.2) is 36.4 Å². The number of ether oxygens (including phenoxy) is 2. The van der Waals surface area contributed by atoms with Gasteiger partial charge in [-0.1, -0.05) is 72.0 Å². The number of hydrogen-bond acceptors (Lipinski definition) is 3. The Morgan fingerprint density at radius 2 is 1.36 bits per heavy atom. The second-order valence-corrected chi connectivity index (χ2v) is 14.9. The van der Waals surface area contributed by atoms with Gasteiger partial charge in [0.15, 0.2) is 0 Å². The van der Waals surface area contributed by atoms with E-state index in [2.05, 4.69) is 66.8 Å². The zero-order chi connectivity index (χ0) is 21.3. The molecule has 2 aromatic rings.